The number of piperidine rings is 1. The molecule has 0 unspecified atom stereocenters. The van der Waals surface area contributed by atoms with E-state index in [9.17, 15) is 22.8 Å². The predicted molar refractivity (Wildman–Crippen MR) is 132 cm³/mol. The second-order valence-corrected chi connectivity index (χ2v) is 8.24. The van der Waals surface area contributed by atoms with Crippen molar-refractivity contribution in [3.8, 4) is 11.6 Å². The molecule has 3 rings (SSSR count). The van der Waals surface area contributed by atoms with Gasteiger partial charge in [-0.05, 0) is 56.2 Å². The van der Waals surface area contributed by atoms with Crippen LogP contribution < -0.4 is 20.1 Å². The van der Waals surface area contributed by atoms with Crippen LogP contribution in [0.1, 0.15) is 43.5 Å². The maximum atomic E-state index is 12.9. The fourth-order valence-electron chi connectivity index (χ4n) is 3.63. The van der Waals surface area contributed by atoms with Crippen molar-refractivity contribution < 1.29 is 32.2 Å². The van der Waals surface area contributed by atoms with E-state index >= 15 is 0 Å². The lowest BCUT2D eigenvalue weighted by molar-refractivity contribution is -0.274. The van der Waals surface area contributed by atoms with Gasteiger partial charge >= 0.3 is 12.4 Å². The highest BCUT2D eigenvalue weighted by Crippen LogP contribution is 2.24. The van der Waals surface area contributed by atoms with Gasteiger partial charge in [0.2, 0.25) is 5.88 Å². The Balaban J connectivity index is 1.45. The van der Waals surface area contributed by atoms with Crippen molar-refractivity contribution in [3.05, 3.63) is 72.1 Å². The third-order valence-corrected chi connectivity index (χ3v) is 5.51. The molecule has 2 N–H and O–H groups in total. The van der Waals surface area contributed by atoms with Gasteiger partial charge in [-0.25, -0.2) is 9.78 Å². The lowest BCUT2D eigenvalue weighted by Gasteiger charge is -2.32. The molecule has 37 heavy (non-hydrogen) atoms. The van der Waals surface area contributed by atoms with Crippen molar-refractivity contribution in [2.24, 2.45) is 0 Å². The molecule has 11 heteroatoms. The molecule has 1 aliphatic heterocycles. The van der Waals surface area contributed by atoms with E-state index < -0.39 is 12.4 Å². The molecule has 0 bridgehead atoms. The van der Waals surface area contributed by atoms with Gasteiger partial charge < -0.3 is 25.0 Å². The number of carbonyl (C=O) groups excluding carboxylic acids is 2. The van der Waals surface area contributed by atoms with Gasteiger partial charge in [-0.1, -0.05) is 19.1 Å². The molecule has 1 aliphatic rings. The maximum absolute atomic E-state index is 12.9. The van der Waals surface area contributed by atoms with Crippen LogP contribution in [0.4, 0.5) is 23.7 Å². The summed E-state index contributed by atoms with van der Waals surface area (Å²) in [6, 6.07) is 7.56. The maximum Gasteiger partial charge on any atom is 0.573 e. The minimum Gasteiger partial charge on any atom is -0.443 e. The number of carbonyl (C=O) groups is 2. The lowest BCUT2D eigenvalue weighted by atomic mass is 10.0. The van der Waals surface area contributed by atoms with Crippen LogP contribution in [0.15, 0.2) is 66.6 Å². The van der Waals surface area contributed by atoms with Crippen LogP contribution in [-0.2, 0) is 0 Å². The Morgan fingerprint density at radius 2 is 1.84 bits per heavy atom. The number of rotatable bonds is 8. The first kappa shape index (κ1) is 27.6. The van der Waals surface area contributed by atoms with Crippen molar-refractivity contribution >= 4 is 17.6 Å². The Hall–Kier alpha value is -4.02. The van der Waals surface area contributed by atoms with E-state index in [2.05, 4.69) is 20.4 Å². The first-order valence-corrected chi connectivity index (χ1v) is 11.8. The fourth-order valence-corrected chi connectivity index (χ4v) is 3.63. The number of anilines is 1. The molecule has 1 aromatic carbocycles. The molecule has 2 aromatic rings. The number of pyridine rings is 1. The summed E-state index contributed by atoms with van der Waals surface area (Å²) in [6.45, 7) is 4.80. The third-order valence-electron chi connectivity index (χ3n) is 5.51. The molecule has 0 aliphatic carbocycles. The summed E-state index contributed by atoms with van der Waals surface area (Å²) in [5, 5.41) is 5.40. The SMILES string of the molecule is C/C=C\C=C(/CC)Oc1ccc(C(=O)N2CCC(NC(=O)Nc3ccc(OC(F)(F)F)cc3)CC2)cn1. The Bertz CT molecular complexity index is 1110. The second-order valence-electron chi connectivity index (χ2n) is 8.24. The topological polar surface area (TPSA) is 92.8 Å². The van der Waals surface area contributed by atoms with Crippen LogP contribution in [0, 0.1) is 0 Å². The first-order chi connectivity index (χ1) is 17.7. The van der Waals surface area contributed by atoms with E-state index in [4.69, 9.17) is 4.74 Å². The average molecular weight is 519 g/mol. The summed E-state index contributed by atoms with van der Waals surface area (Å²) in [7, 11) is 0. The number of urea groups is 1. The van der Waals surface area contributed by atoms with E-state index in [-0.39, 0.29) is 17.7 Å². The molecule has 0 saturated carbocycles. The summed E-state index contributed by atoms with van der Waals surface area (Å²) in [5.74, 6) is 0.643. The molecule has 2 heterocycles. The van der Waals surface area contributed by atoms with Crippen LogP contribution in [-0.4, -0.2) is 47.3 Å². The van der Waals surface area contributed by atoms with E-state index in [1.807, 2.05) is 32.1 Å². The average Bonchev–Trinajstić information content (AvgIpc) is 2.87. The van der Waals surface area contributed by atoms with Gasteiger partial charge in [0.05, 0.1) is 5.56 Å². The van der Waals surface area contributed by atoms with Crippen molar-refractivity contribution in [1.82, 2.24) is 15.2 Å². The van der Waals surface area contributed by atoms with Crippen LogP contribution >= 0.6 is 0 Å². The number of likely N-dealkylation sites (tertiary alicyclic amines) is 1. The predicted octanol–water partition coefficient (Wildman–Crippen LogP) is 5.66. The van der Waals surface area contributed by atoms with Crippen LogP contribution in [0.3, 0.4) is 0 Å². The lowest BCUT2D eigenvalue weighted by Crippen LogP contribution is -2.47. The van der Waals surface area contributed by atoms with Gasteiger partial charge in [-0.3, -0.25) is 4.79 Å². The zero-order chi connectivity index (χ0) is 26.8. The van der Waals surface area contributed by atoms with E-state index in [1.54, 1.807) is 17.0 Å². The van der Waals surface area contributed by atoms with Gasteiger partial charge in [0, 0.05) is 43.5 Å². The Morgan fingerprint density at radius 1 is 1.14 bits per heavy atom. The van der Waals surface area contributed by atoms with Crippen molar-refractivity contribution in [2.45, 2.75) is 45.5 Å². The molecule has 198 valence electrons. The van der Waals surface area contributed by atoms with Crippen molar-refractivity contribution in [3.63, 3.8) is 0 Å². The normalized spacial score (nSPS) is 14.9. The second kappa shape index (κ2) is 12.8. The Kier molecular flexibility index (Phi) is 9.53. The number of hydrogen-bond acceptors (Lipinski definition) is 5. The number of alkyl halides is 3. The van der Waals surface area contributed by atoms with Gasteiger partial charge in [0.25, 0.3) is 5.91 Å². The largest absolute Gasteiger partial charge is 0.573 e. The van der Waals surface area contributed by atoms with Gasteiger partial charge in [-0.2, -0.15) is 0 Å². The standard InChI is InChI=1S/C26H29F3N4O4/c1-3-5-6-21(4-2)36-23-12-7-18(17-30-23)24(34)33-15-13-20(14-16-33)32-25(35)31-19-8-10-22(11-9-19)37-26(27,28)29/h3,5-12,17,20H,4,13-16H2,1-2H3,(H2,31,32,35)/b5-3-,21-6+. The van der Waals surface area contributed by atoms with Crippen molar-refractivity contribution in [1.29, 1.82) is 0 Å². The van der Waals surface area contributed by atoms with Crippen LogP contribution in [0.5, 0.6) is 11.6 Å². The highest BCUT2D eigenvalue weighted by Gasteiger charge is 2.31. The highest BCUT2D eigenvalue weighted by atomic mass is 19.4. The number of hydrogen-bond donors (Lipinski definition) is 2. The Morgan fingerprint density at radius 3 is 2.41 bits per heavy atom. The Labute approximate surface area is 213 Å². The molecular formula is C26H29F3N4O4. The number of nitrogens with one attached hydrogen (secondary N) is 2. The molecule has 3 amide bonds. The number of benzene rings is 1. The summed E-state index contributed by atoms with van der Waals surface area (Å²) < 4.78 is 46.3. The van der Waals surface area contributed by atoms with E-state index in [0.29, 0.717) is 49.5 Å². The molecule has 1 fully saturated rings. The summed E-state index contributed by atoms with van der Waals surface area (Å²) in [6.07, 6.45) is 4.18. The molecule has 0 radical (unpaired) electrons. The number of ether oxygens (including phenoxy) is 2. The van der Waals surface area contributed by atoms with Gasteiger partial charge in [0.1, 0.15) is 11.5 Å². The molecule has 1 aromatic heterocycles. The minimum absolute atomic E-state index is 0.150. The van der Waals surface area contributed by atoms with E-state index in [1.165, 1.54) is 18.3 Å². The zero-order valence-electron chi connectivity index (χ0n) is 20.5. The highest BCUT2D eigenvalue weighted by molar-refractivity contribution is 5.94. The summed E-state index contributed by atoms with van der Waals surface area (Å²) in [4.78, 5) is 31.1. The number of allylic oxidation sites excluding steroid dienone is 4. The smallest absolute Gasteiger partial charge is 0.443 e. The molecule has 0 spiro atoms. The van der Waals surface area contributed by atoms with E-state index in [0.717, 1.165) is 17.9 Å². The van der Waals surface area contributed by atoms with Gasteiger partial charge in [-0.15, -0.1) is 13.2 Å². The van der Waals surface area contributed by atoms with Crippen LogP contribution in [0.2, 0.25) is 0 Å². The molecule has 8 nitrogen and oxygen atoms in total. The first-order valence-electron chi connectivity index (χ1n) is 11.8. The minimum atomic E-state index is -4.78. The number of nitrogens with zero attached hydrogens (tertiary/aromatic N) is 2. The summed E-state index contributed by atoms with van der Waals surface area (Å²) >= 11 is 0. The van der Waals surface area contributed by atoms with Crippen LogP contribution in [0.25, 0.3) is 0 Å². The number of aromatic nitrogens is 1. The number of amides is 3. The van der Waals surface area contributed by atoms with Crippen molar-refractivity contribution in [2.75, 3.05) is 18.4 Å². The molecular weight excluding hydrogens is 489 g/mol. The quantitative estimate of drug-likeness (QED) is 0.348. The third kappa shape index (κ3) is 8.85. The monoisotopic (exact) mass is 518 g/mol. The zero-order valence-corrected chi connectivity index (χ0v) is 20.5. The molecule has 0 atom stereocenters. The number of halogens is 3. The molecule has 1 saturated heterocycles. The van der Waals surface area contributed by atoms with Gasteiger partial charge in [0.15, 0.2) is 0 Å². The summed E-state index contributed by atoms with van der Waals surface area (Å²) in [5.41, 5.74) is 0.771. The fraction of sp³-hybridized carbons (Fsp3) is 0.346.